The molecule has 0 aliphatic carbocycles. The summed E-state index contributed by atoms with van der Waals surface area (Å²) in [4.78, 5) is 12.0. The maximum Gasteiger partial charge on any atom is 0.285 e. The number of aryl methyl sites for hydroxylation is 1. The Balaban J connectivity index is 2.02. The lowest BCUT2D eigenvalue weighted by molar-refractivity contribution is 0.104. The van der Waals surface area contributed by atoms with Gasteiger partial charge < -0.3 is 16.8 Å². The summed E-state index contributed by atoms with van der Waals surface area (Å²) in [6, 6.07) is 13.2. The van der Waals surface area contributed by atoms with Crippen molar-refractivity contribution in [3.8, 4) is 0 Å². The van der Waals surface area contributed by atoms with E-state index >= 15 is 0 Å². The molecule has 7 nitrogen and oxygen atoms in total. The van der Waals surface area contributed by atoms with Crippen molar-refractivity contribution >= 4 is 27.5 Å². The summed E-state index contributed by atoms with van der Waals surface area (Å²) in [5, 5.41) is 2.91. The standard InChI is InChI=1S/C18H20N4O3S/c1-2-13-3-5-14(6-4-13)17(23)11-12-21-15-7-9-16(10-8-15)26(24,25)22-18(19)20/h3-12,21H,2H2,1H3,(H4,19,20,22)/b12-11-. The van der Waals surface area contributed by atoms with Crippen LogP contribution in [0.15, 0.2) is 70.1 Å². The van der Waals surface area contributed by atoms with Crippen LogP contribution in [-0.4, -0.2) is 20.2 Å². The van der Waals surface area contributed by atoms with Crippen LogP contribution in [-0.2, 0) is 16.4 Å². The SMILES string of the molecule is CCc1ccc(C(=O)/C=C\Nc2ccc(S(=O)(=O)N=C(N)N)cc2)cc1. The van der Waals surface area contributed by atoms with Crippen LogP contribution in [0, 0.1) is 0 Å². The second-order valence-electron chi connectivity index (χ2n) is 5.41. The van der Waals surface area contributed by atoms with Crippen LogP contribution in [0.1, 0.15) is 22.8 Å². The van der Waals surface area contributed by atoms with Crippen molar-refractivity contribution in [3.63, 3.8) is 0 Å². The monoisotopic (exact) mass is 372 g/mol. The number of nitrogens with two attached hydrogens (primary N) is 2. The fraction of sp³-hybridized carbons (Fsp3) is 0.111. The third-order valence-electron chi connectivity index (χ3n) is 3.51. The van der Waals surface area contributed by atoms with Gasteiger partial charge in [-0.05, 0) is 36.2 Å². The molecule has 0 aliphatic rings. The number of nitrogens with zero attached hydrogens (tertiary/aromatic N) is 1. The zero-order chi connectivity index (χ0) is 19.2. The Morgan fingerprint density at radius 3 is 2.23 bits per heavy atom. The predicted octanol–water partition coefficient (Wildman–Crippen LogP) is 2.02. The largest absolute Gasteiger partial charge is 0.369 e. The molecule has 0 spiro atoms. The quantitative estimate of drug-likeness (QED) is 0.295. The van der Waals surface area contributed by atoms with Gasteiger partial charge in [0.2, 0.25) is 5.96 Å². The van der Waals surface area contributed by atoms with Crippen molar-refractivity contribution in [2.24, 2.45) is 15.9 Å². The fourth-order valence-electron chi connectivity index (χ4n) is 2.13. The van der Waals surface area contributed by atoms with E-state index in [0.717, 1.165) is 6.42 Å². The van der Waals surface area contributed by atoms with Crippen LogP contribution in [0.3, 0.4) is 0 Å². The Labute approximate surface area is 152 Å². The van der Waals surface area contributed by atoms with Crippen LogP contribution in [0.25, 0.3) is 0 Å². The second kappa shape index (κ2) is 8.30. The molecule has 0 atom stereocenters. The number of hydrogen-bond acceptors (Lipinski definition) is 4. The number of hydrogen-bond donors (Lipinski definition) is 3. The highest BCUT2D eigenvalue weighted by Crippen LogP contribution is 2.16. The van der Waals surface area contributed by atoms with Crippen LogP contribution in [0.4, 0.5) is 5.69 Å². The van der Waals surface area contributed by atoms with Gasteiger partial charge in [0.1, 0.15) is 0 Å². The molecule has 8 heteroatoms. The van der Waals surface area contributed by atoms with E-state index in [1.54, 1.807) is 24.3 Å². The molecular weight excluding hydrogens is 352 g/mol. The van der Waals surface area contributed by atoms with Crippen molar-refractivity contribution in [3.05, 3.63) is 71.9 Å². The lowest BCUT2D eigenvalue weighted by Crippen LogP contribution is -2.24. The number of carbonyl (C=O) groups excluding carboxylic acids is 1. The summed E-state index contributed by atoms with van der Waals surface area (Å²) in [5.41, 5.74) is 12.6. The fourth-order valence-corrected chi connectivity index (χ4v) is 2.99. The normalized spacial score (nSPS) is 11.3. The zero-order valence-electron chi connectivity index (χ0n) is 14.2. The molecule has 0 fully saturated rings. The Morgan fingerprint density at radius 1 is 1.08 bits per heavy atom. The van der Waals surface area contributed by atoms with E-state index in [0.29, 0.717) is 11.3 Å². The topological polar surface area (TPSA) is 128 Å². The van der Waals surface area contributed by atoms with Gasteiger partial charge in [0.05, 0.1) is 4.90 Å². The van der Waals surface area contributed by atoms with Crippen LogP contribution >= 0.6 is 0 Å². The van der Waals surface area contributed by atoms with Crippen molar-refractivity contribution in [1.29, 1.82) is 0 Å². The number of anilines is 1. The molecule has 0 heterocycles. The van der Waals surface area contributed by atoms with Crippen molar-refractivity contribution in [2.45, 2.75) is 18.2 Å². The summed E-state index contributed by atoms with van der Waals surface area (Å²) >= 11 is 0. The zero-order valence-corrected chi connectivity index (χ0v) is 15.0. The molecule has 0 aromatic heterocycles. The van der Waals surface area contributed by atoms with Crippen molar-refractivity contribution < 1.29 is 13.2 Å². The maximum atomic E-state index is 12.1. The molecule has 0 saturated heterocycles. The van der Waals surface area contributed by atoms with Gasteiger partial charge in [-0.25, -0.2) is 0 Å². The molecule has 26 heavy (non-hydrogen) atoms. The van der Waals surface area contributed by atoms with Gasteiger partial charge in [-0.3, -0.25) is 4.79 Å². The van der Waals surface area contributed by atoms with Gasteiger partial charge in [0.15, 0.2) is 5.78 Å². The van der Waals surface area contributed by atoms with E-state index < -0.39 is 16.0 Å². The molecule has 0 saturated carbocycles. The smallest absolute Gasteiger partial charge is 0.285 e. The molecule has 0 amide bonds. The number of carbonyl (C=O) groups is 1. The summed E-state index contributed by atoms with van der Waals surface area (Å²) in [6.07, 6.45) is 3.82. The number of allylic oxidation sites excluding steroid dienone is 1. The Hall–Kier alpha value is -3.13. The highest BCUT2D eigenvalue weighted by molar-refractivity contribution is 7.90. The average molecular weight is 372 g/mol. The summed E-state index contributed by atoms with van der Waals surface area (Å²) in [5.74, 6) is -0.660. The third kappa shape index (κ3) is 5.18. The average Bonchev–Trinajstić information content (AvgIpc) is 2.61. The lowest BCUT2D eigenvalue weighted by atomic mass is 10.1. The molecule has 0 aliphatic heterocycles. The Bertz CT molecular complexity index is 927. The molecule has 2 rings (SSSR count). The Morgan fingerprint density at radius 2 is 1.69 bits per heavy atom. The highest BCUT2D eigenvalue weighted by atomic mass is 32.2. The third-order valence-corrected chi connectivity index (χ3v) is 4.83. The first-order valence-electron chi connectivity index (χ1n) is 7.84. The van der Waals surface area contributed by atoms with E-state index in [1.165, 1.54) is 30.0 Å². The van der Waals surface area contributed by atoms with E-state index in [2.05, 4.69) is 16.6 Å². The van der Waals surface area contributed by atoms with Crippen molar-refractivity contribution in [2.75, 3.05) is 5.32 Å². The van der Waals surface area contributed by atoms with Gasteiger partial charge in [-0.1, -0.05) is 31.2 Å². The van der Waals surface area contributed by atoms with Crippen LogP contribution in [0.2, 0.25) is 0 Å². The van der Waals surface area contributed by atoms with E-state index in [9.17, 15) is 13.2 Å². The van der Waals surface area contributed by atoms with Gasteiger partial charge in [-0.2, -0.15) is 8.42 Å². The summed E-state index contributed by atoms with van der Waals surface area (Å²) < 4.78 is 26.9. The second-order valence-corrected chi connectivity index (χ2v) is 7.01. The molecule has 136 valence electrons. The minimum atomic E-state index is -3.91. The molecule has 5 N–H and O–H groups in total. The number of benzene rings is 2. The number of ketones is 1. The van der Waals surface area contributed by atoms with Gasteiger partial charge in [0.25, 0.3) is 10.0 Å². The molecule has 0 bridgehead atoms. The summed E-state index contributed by atoms with van der Waals surface area (Å²) in [6.45, 7) is 2.05. The first-order valence-corrected chi connectivity index (χ1v) is 9.28. The van der Waals surface area contributed by atoms with Gasteiger partial charge >= 0.3 is 0 Å². The van der Waals surface area contributed by atoms with Crippen molar-refractivity contribution in [1.82, 2.24) is 0 Å². The first-order chi connectivity index (χ1) is 12.3. The van der Waals surface area contributed by atoms with Crippen LogP contribution in [0.5, 0.6) is 0 Å². The van der Waals surface area contributed by atoms with E-state index in [1.807, 2.05) is 12.1 Å². The van der Waals surface area contributed by atoms with Gasteiger partial charge in [-0.15, -0.1) is 4.40 Å². The van der Waals surface area contributed by atoms with E-state index in [4.69, 9.17) is 11.5 Å². The predicted molar refractivity (Wildman–Crippen MR) is 102 cm³/mol. The minimum Gasteiger partial charge on any atom is -0.369 e. The molecule has 0 radical (unpaired) electrons. The Kier molecular flexibility index (Phi) is 6.13. The molecular formula is C18H20N4O3S. The number of guanidine groups is 1. The molecule has 2 aromatic rings. The molecule has 0 unspecified atom stereocenters. The number of rotatable bonds is 7. The van der Waals surface area contributed by atoms with E-state index in [-0.39, 0.29) is 10.7 Å². The number of sulfonamides is 1. The maximum absolute atomic E-state index is 12.1. The highest BCUT2D eigenvalue weighted by Gasteiger charge is 2.12. The minimum absolute atomic E-state index is 0.0347. The lowest BCUT2D eigenvalue weighted by Gasteiger charge is -2.03. The van der Waals surface area contributed by atoms with Gasteiger partial charge in [0, 0.05) is 23.5 Å². The molecule has 2 aromatic carbocycles. The first kappa shape index (κ1) is 19.2. The summed E-state index contributed by atoms with van der Waals surface area (Å²) in [7, 11) is -3.91. The number of nitrogens with one attached hydrogen (secondary N) is 1. The van der Waals surface area contributed by atoms with Crippen LogP contribution < -0.4 is 16.8 Å².